The molecule has 0 bridgehead atoms. The lowest BCUT2D eigenvalue weighted by Crippen LogP contribution is -2.24. The van der Waals surface area contributed by atoms with Gasteiger partial charge in [0, 0.05) is 41.8 Å². The van der Waals surface area contributed by atoms with Gasteiger partial charge in [0.15, 0.2) is 5.43 Å². The van der Waals surface area contributed by atoms with Gasteiger partial charge in [0.25, 0.3) is 0 Å². The Hall–Kier alpha value is -1.51. The van der Waals surface area contributed by atoms with Crippen LogP contribution in [0.5, 0.6) is 0 Å². The molecule has 18 heavy (non-hydrogen) atoms. The Kier molecular flexibility index (Phi) is 3.60. The Morgan fingerprint density at radius 2 is 2.28 bits per heavy atom. The molecule has 1 aromatic heterocycles. The van der Waals surface area contributed by atoms with E-state index in [1.165, 1.54) is 5.69 Å². The van der Waals surface area contributed by atoms with Gasteiger partial charge in [-0.3, -0.25) is 4.79 Å². The fourth-order valence-electron chi connectivity index (χ4n) is 2.43. The minimum atomic E-state index is 0.157. The van der Waals surface area contributed by atoms with Crippen LogP contribution in [0.25, 0.3) is 0 Å². The van der Waals surface area contributed by atoms with Crippen LogP contribution in [0.15, 0.2) is 23.1 Å². The van der Waals surface area contributed by atoms with E-state index in [0.717, 1.165) is 36.3 Å². The minimum Gasteiger partial charge on any atom is -0.384 e. The first-order valence-corrected chi connectivity index (χ1v) is 6.65. The minimum absolute atomic E-state index is 0.157. The maximum absolute atomic E-state index is 12.1. The number of nitrogens with one attached hydrogen (secondary N) is 1. The molecule has 98 valence electrons. The lowest BCUT2D eigenvalue weighted by Gasteiger charge is -2.16. The third-order valence-electron chi connectivity index (χ3n) is 3.79. The standard InChI is InChI=1S/C15H22N2O/c1-10(2)11(3)16-9-14-12(4)17-7-5-6-13(17)8-15(14)18/h8,10,16H,3,5-7,9H2,1-2,4H3. The molecule has 0 aromatic carbocycles. The van der Waals surface area contributed by atoms with E-state index >= 15 is 0 Å². The van der Waals surface area contributed by atoms with Gasteiger partial charge in [0.2, 0.25) is 0 Å². The van der Waals surface area contributed by atoms with Gasteiger partial charge in [-0.25, -0.2) is 0 Å². The molecule has 0 atom stereocenters. The van der Waals surface area contributed by atoms with Gasteiger partial charge in [-0.05, 0) is 25.7 Å². The van der Waals surface area contributed by atoms with Crippen molar-refractivity contribution >= 4 is 0 Å². The topological polar surface area (TPSA) is 34.0 Å². The van der Waals surface area contributed by atoms with Crippen LogP contribution in [-0.4, -0.2) is 4.57 Å². The van der Waals surface area contributed by atoms with E-state index in [9.17, 15) is 4.79 Å². The summed E-state index contributed by atoms with van der Waals surface area (Å²) in [4.78, 5) is 12.1. The van der Waals surface area contributed by atoms with Crippen molar-refractivity contribution in [2.24, 2.45) is 5.92 Å². The quantitative estimate of drug-likeness (QED) is 0.885. The molecule has 1 aliphatic heterocycles. The van der Waals surface area contributed by atoms with Crippen LogP contribution in [0, 0.1) is 12.8 Å². The second-order valence-electron chi connectivity index (χ2n) is 5.35. The number of allylic oxidation sites excluding steroid dienone is 1. The van der Waals surface area contributed by atoms with E-state index in [2.05, 4.69) is 30.3 Å². The Morgan fingerprint density at radius 1 is 1.56 bits per heavy atom. The summed E-state index contributed by atoms with van der Waals surface area (Å²) in [6, 6.07) is 1.80. The Labute approximate surface area is 109 Å². The molecule has 1 aliphatic rings. The van der Waals surface area contributed by atoms with Crippen LogP contribution in [0.2, 0.25) is 0 Å². The van der Waals surface area contributed by atoms with E-state index < -0.39 is 0 Å². The third kappa shape index (κ3) is 2.35. The van der Waals surface area contributed by atoms with E-state index in [4.69, 9.17) is 0 Å². The highest BCUT2D eigenvalue weighted by Gasteiger charge is 2.16. The number of pyridine rings is 1. The summed E-state index contributed by atoms with van der Waals surface area (Å²) in [6.45, 7) is 11.8. The molecule has 0 saturated carbocycles. The summed E-state index contributed by atoms with van der Waals surface area (Å²) in [5, 5.41) is 3.26. The predicted octanol–water partition coefficient (Wildman–Crippen LogP) is 2.36. The molecule has 0 saturated heterocycles. The van der Waals surface area contributed by atoms with Crippen molar-refractivity contribution < 1.29 is 0 Å². The third-order valence-corrected chi connectivity index (χ3v) is 3.79. The summed E-state index contributed by atoms with van der Waals surface area (Å²) < 4.78 is 2.27. The van der Waals surface area contributed by atoms with Crippen molar-refractivity contribution in [3.63, 3.8) is 0 Å². The number of fused-ring (bicyclic) bond motifs is 1. The summed E-state index contributed by atoms with van der Waals surface area (Å²) in [6.07, 6.45) is 2.18. The van der Waals surface area contributed by atoms with Crippen LogP contribution in [0.1, 0.15) is 37.2 Å². The van der Waals surface area contributed by atoms with Crippen molar-refractivity contribution in [1.29, 1.82) is 0 Å². The van der Waals surface area contributed by atoms with Gasteiger partial charge in [0.05, 0.1) is 0 Å². The van der Waals surface area contributed by atoms with Gasteiger partial charge in [-0.15, -0.1) is 0 Å². The van der Waals surface area contributed by atoms with E-state index in [1.54, 1.807) is 6.07 Å². The molecule has 0 amide bonds. The van der Waals surface area contributed by atoms with Crippen LogP contribution in [-0.2, 0) is 19.5 Å². The van der Waals surface area contributed by atoms with Crippen LogP contribution in [0.3, 0.4) is 0 Å². The Balaban J connectivity index is 2.24. The first-order chi connectivity index (χ1) is 8.50. The van der Waals surface area contributed by atoms with Crippen molar-refractivity contribution in [2.75, 3.05) is 0 Å². The first-order valence-electron chi connectivity index (χ1n) is 6.65. The van der Waals surface area contributed by atoms with Crippen molar-refractivity contribution in [3.8, 4) is 0 Å². The molecule has 2 rings (SSSR count). The van der Waals surface area contributed by atoms with Crippen molar-refractivity contribution in [2.45, 2.75) is 46.7 Å². The molecule has 0 fully saturated rings. The second-order valence-corrected chi connectivity index (χ2v) is 5.35. The highest BCUT2D eigenvalue weighted by atomic mass is 16.1. The number of rotatable bonds is 4. The molecule has 3 nitrogen and oxygen atoms in total. The maximum Gasteiger partial charge on any atom is 0.187 e. The summed E-state index contributed by atoms with van der Waals surface area (Å²) in [5.41, 5.74) is 4.31. The van der Waals surface area contributed by atoms with Gasteiger partial charge in [0.1, 0.15) is 0 Å². The molecule has 2 heterocycles. The molecule has 3 heteroatoms. The highest BCUT2D eigenvalue weighted by Crippen LogP contribution is 2.17. The monoisotopic (exact) mass is 246 g/mol. The SMILES string of the molecule is C=C(NCc1c(C)n2c(cc1=O)CCC2)C(C)C. The number of nitrogens with zero attached hydrogens (tertiary/aromatic N) is 1. The lowest BCUT2D eigenvalue weighted by molar-refractivity contribution is 0.642. The largest absolute Gasteiger partial charge is 0.384 e. The second kappa shape index (κ2) is 5.01. The number of hydrogen-bond donors (Lipinski definition) is 1. The van der Waals surface area contributed by atoms with E-state index in [1.807, 2.05) is 6.92 Å². The zero-order valence-corrected chi connectivity index (χ0v) is 11.5. The van der Waals surface area contributed by atoms with Crippen molar-refractivity contribution in [1.82, 2.24) is 9.88 Å². The first kappa shape index (κ1) is 12.9. The fraction of sp³-hybridized carbons (Fsp3) is 0.533. The van der Waals surface area contributed by atoms with Gasteiger partial charge >= 0.3 is 0 Å². The zero-order chi connectivity index (χ0) is 13.3. The molecule has 0 radical (unpaired) electrons. The van der Waals surface area contributed by atoms with Crippen molar-refractivity contribution in [3.05, 3.63) is 45.5 Å². The van der Waals surface area contributed by atoms with Gasteiger partial charge < -0.3 is 9.88 Å². The van der Waals surface area contributed by atoms with Crippen LogP contribution >= 0.6 is 0 Å². The van der Waals surface area contributed by atoms with E-state index in [-0.39, 0.29) is 5.43 Å². The molecule has 0 unspecified atom stereocenters. The number of aryl methyl sites for hydroxylation is 1. The molecule has 0 aliphatic carbocycles. The van der Waals surface area contributed by atoms with Gasteiger partial charge in [-0.2, -0.15) is 0 Å². The molecule has 0 spiro atoms. The number of hydrogen-bond acceptors (Lipinski definition) is 2. The lowest BCUT2D eigenvalue weighted by atomic mass is 10.1. The van der Waals surface area contributed by atoms with Crippen LogP contribution < -0.4 is 10.7 Å². The number of aromatic nitrogens is 1. The van der Waals surface area contributed by atoms with E-state index in [0.29, 0.717) is 12.5 Å². The Morgan fingerprint density at radius 3 is 2.94 bits per heavy atom. The predicted molar refractivity (Wildman–Crippen MR) is 74.6 cm³/mol. The van der Waals surface area contributed by atoms with Gasteiger partial charge in [-0.1, -0.05) is 20.4 Å². The molecular formula is C15H22N2O. The molecule has 1 aromatic rings. The summed E-state index contributed by atoms with van der Waals surface area (Å²) in [5.74, 6) is 0.391. The van der Waals surface area contributed by atoms with Crippen LogP contribution in [0.4, 0.5) is 0 Å². The summed E-state index contributed by atoms with van der Waals surface area (Å²) in [7, 11) is 0. The smallest absolute Gasteiger partial charge is 0.187 e. The molecular weight excluding hydrogens is 224 g/mol. The highest BCUT2D eigenvalue weighted by molar-refractivity contribution is 5.26. The fourth-order valence-corrected chi connectivity index (χ4v) is 2.43. The Bertz CT molecular complexity index is 526. The summed E-state index contributed by atoms with van der Waals surface area (Å²) >= 11 is 0. The average Bonchev–Trinajstić information content (AvgIpc) is 2.76. The zero-order valence-electron chi connectivity index (χ0n) is 11.5. The molecule has 1 N–H and O–H groups in total. The maximum atomic E-state index is 12.1. The normalized spacial score (nSPS) is 13.8. The average molecular weight is 246 g/mol.